The standard InChI is InChI=1S/C14H29FN2O3/c1-4-13(18)17-11-12(15)14(2,3)20-10-6-9-19-8-5-7-16/h12H,4-11,16H2,1-3H3,(H,17,18). The number of amides is 1. The lowest BCUT2D eigenvalue weighted by molar-refractivity contribution is -0.122. The van der Waals surface area contributed by atoms with Gasteiger partial charge in [0.15, 0.2) is 0 Å². The molecular formula is C14H29FN2O3. The number of nitrogens with one attached hydrogen (secondary N) is 1. The fourth-order valence-electron chi connectivity index (χ4n) is 1.45. The average Bonchev–Trinajstić information content (AvgIpc) is 2.43. The van der Waals surface area contributed by atoms with E-state index in [9.17, 15) is 9.18 Å². The zero-order valence-corrected chi connectivity index (χ0v) is 12.9. The molecule has 0 saturated heterocycles. The van der Waals surface area contributed by atoms with E-state index in [1.165, 1.54) is 0 Å². The lowest BCUT2D eigenvalue weighted by Gasteiger charge is -2.29. The van der Waals surface area contributed by atoms with Gasteiger partial charge in [0.2, 0.25) is 5.91 Å². The second-order valence-corrected chi connectivity index (χ2v) is 5.19. The summed E-state index contributed by atoms with van der Waals surface area (Å²) >= 11 is 0. The summed E-state index contributed by atoms with van der Waals surface area (Å²) in [6.07, 6.45) is 0.669. The van der Waals surface area contributed by atoms with Crippen molar-refractivity contribution in [3.05, 3.63) is 0 Å². The quantitative estimate of drug-likeness (QED) is 0.533. The monoisotopic (exact) mass is 292 g/mol. The van der Waals surface area contributed by atoms with Crippen LogP contribution in [-0.2, 0) is 14.3 Å². The molecule has 1 unspecified atom stereocenters. The highest BCUT2D eigenvalue weighted by molar-refractivity contribution is 5.75. The molecule has 0 rings (SSSR count). The van der Waals surface area contributed by atoms with E-state index >= 15 is 0 Å². The molecule has 0 bridgehead atoms. The molecule has 0 aromatic carbocycles. The van der Waals surface area contributed by atoms with Crippen molar-refractivity contribution in [2.24, 2.45) is 5.73 Å². The van der Waals surface area contributed by atoms with Crippen LogP contribution in [0, 0.1) is 0 Å². The smallest absolute Gasteiger partial charge is 0.219 e. The number of hydrogen-bond donors (Lipinski definition) is 2. The van der Waals surface area contributed by atoms with E-state index in [0.29, 0.717) is 39.2 Å². The van der Waals surface area contributed by atoms with Crippen LogP contribution in [0.5, 0.6) is 0 Å². The molecule has 0 aromatic heterocycles. The van der Waals surface area contributed by atoms with E-state index in [1.807, 2.05) is 0 Å². The van der Waals surface area contributed by atoms with Gasteiger partial charge < -0.3 is 20.5 Å². The van der Waals surface area contributed by atoms with Crippen LogP contribution in [0.15, 0.2) is 0 Å². The molecule has 3 N–H and O–H groups in total. The van der Waals surface area contributed by atoms with E-state index in [-0.39, 0.29) is 12.5 Å². The summed E-state index contributed by atoms with van der Waals surface area (Å²) in [4.78, 5) is 11.1. The lowest BCUT2D eigenvalue weighted by atomic mass is 10.0. The van der Waals surface area contributed by atoms with Crippen molar-refractivity contribution < 1.29 is 18.7 Å². The van der Waals surface area contributed by atoms with Gasteiger partial charge in [-0.25, -0.2) is 4.39 Å². The zero-order valence-electron chi connectivity index (χ0n) is 12.9. The SMILES string of the molecule is CCC(=O)NCC(F)C(C)(C)OCCCOCCCN. The van der Waals surface area contributed by atoms with Crippen molar-refractivity contribution in [3.63, 3.8) is 0 Å². The molecule has 0 aliphatic rings. The summed E-state index contributed by atoms with van der Waals surface area (Å²) in [5.74, 6) is -0.156. The van der Waals surface area contributed by atoms with Crippen molar-refractivity contribution in [1.29, 1.82) is 0 Å². The minimum absolute atomic E-state index is 0.0212. The van der Waals surface area contributed by atoms with Crippen molar-refractivity contribution in [2.45, 2.75) is 51.8 Å². The Morgan fingerprint density at radius 1 is 1.30 bits per heavy atom. The molecule has 1 atom stereocenters. The lowest BCUT2D eigenvalue weighted by Crippen LogP contribution is -2.44. The van der Waals surface area contributed by atoms with E-state index in [1.54, 1.807) is 20.8 Å². The third kappa shape index (κ3) is 9.23. The predicted molar refractivity (Wildman–Crippen MR) is 77.3 cm³/mol. The molecule has 0 fully saturated rings. The third-order valence-corrected chi connectivity index (χ3v) is 2.95. The molecule has 20 heavy (non-hydrogen) atoms. The van der Waals surface area contributed by atoms with Gasteiger partial charge in [-0.1, -0.05) is 6.92 Å². The molecular weight excluding hydrogens is 263 g/mol. The average molecular weight is 292 g/mol. The number of carbonyl (C=O) groups excluding carboxylic acids is 1. The van der Waals surface area contributed by atoms with E-state index in [4.69, 9.17) is 15.2 Å². The van der Waals surface area contributed by atoms with Gasteiger partial charge in [-0.05, 0) is 33.2 Å². The Bertz CT molecular complexity index is 263. The van der Waals surface area contributed by atoms with Crippen LogP contribution >= 0.6 is 0 Å². The molecule has 0 aromatic rings. The van der Waals surface area contributed by atoms with Crippen molar-refractivity contribution >= 4 is 5.91 Å². The molecule has 0 aliphatic heterocycles. The molecule has 0 spiro atoms. The maximum atomic E-state index is 14.0. The first-order valence-corrected chi connectivity index (χ1v) is 7.26. The Kier molecular flexibility index (Phi) is 10.6. The maximum Gasteiger partial charge on any atom is 0.219 e. The first kappa shape index (κ1) is 19.3. The van der Waals surface area contributed by atoms with Gasteiger partial charge in [-0.2, -0.15) is 0 Å². The van der Waals surface area contributed by atoms with Gasteiger partial charge in [0.25, 0.3) is 0 Å². The number of hydrogen-bond acceptors (Lipinski definition) is 4. The number of halogens is 1. The summed E-state index contributed by atoms with van der Waals surface area (Å²) in [5.41, 5.74) is 4.42. The fraction of sp³-hybridized carbons (Fsp3) is 0.929. The third-order valence-electron chi connectivity index (χ3n) is 2.95. The van der Waals surface area contributed by atoms with Crippen LogP contribution < -0.4 is 11.1 Å². The molecule has 0 heterocycles. The second kappa shape index (κ2) is 11.0. The van der Waals surface area contributed by atoms with E-state index in [0.717, 1.165) is 6.42 Å². The number of alkyl halides is 1. The number of carbonyl (C=O) groups is 1. The number of rotatable bonds is 12. The molecule has 120 valence electrons. The first-order chi connectivity index (χ1) is 9.44. The van der Waals surface area contributed by atoms with Crippen LogP contribution in [0.3, 0.4) is 0 Å². The molecule has 1 amide bonds. The Balaban J connectivity index is 3.73. The van der Waals surface area contributed by atoms with E-state index < -0.39 is 11.8 Å². The Hall–Kier alpha value is -0.720. The van der Waals surface area contributed by atoms with Crippen LogP contribution in [0.4, 0.5) is 4.39 Å². The largest absolute Gasteiger partial charge is 0.381 e. The first-order valence-electron chi connectivity index (χ1n) is 7.26. The van der Waals surface area contributed by atoms with Crippen LogP contribution in [0.25, 0.3) is 0 Å². The summed E-state index contributed by atoms with van der Waals surface area (Å²) in [5, 5.41) is 2.53. The maximum absolute atomic E-state index is 14.0. The van der Waals surface area contributed by atoms with Gasteiger partial charge in [-0.3, -0.25) is 4.79 Å². The van der Waals surface area contributed by atoms with Gasteiger partial charge in [-0.15, -0.1) is 0 Å². The molecule has 0 saturated carbocycles. The van der Waals surface area contributed by atoms with E-state index in [2.05, 4.69) is 5.32 Å². The molecule has 0 aliphatic carbocycles. The van der Waals surface area contributed by atoms with Gasteiger partial charge in [0.05, 0.1) is 12.1 Å². The van der Waals surface area contributed by atoms with Gasteiger partial charge in [0, 0.05) is 26.2 Å². The van der Waals surface area contributed by atoms with Crippen molar-refractivity contribution in [3.8, 4) is 0 Å². The highest BCUT2D eigenvalue weighted by atomic mass is 19.1. The summed E-state index contributed by atoms with van der Waals surface area (Å²) in [7, 11) is 0. The summed E-state index contributed by atoms with van der Waals surface area (Å²) in [6, 6.07) is 0. The van der Waals surface area contributed by atoms with Crippen LogP contribution in [0.1, 0.15) is 40.0 Å². The molecule has 5 nitrogen and oxygen atoms in total. The minimum atomic E-state index is -1.24. The molecule has 0 radical (unpaired) electrons. The number of nitrogens with two attached hydrogens (primary N) is 1. The van der Waals surface area contributed by atoms with Crippen molar-refractivity contribution in [1.82, 2.24) is 5.32 Å². The zero-order chi connectivity index (χ0) is 15.4. The summed E-state index contributed by atoms with van der Waals surface area (Å²) < 4.78 is 24.8. The minimum Gasteiger partial charge on any atom is -0.381 e. The van der Waals surface area contributed by atoms with Crippen LogP contribution in [-0.4, -0.2) is 50.6 Å². The van der Waals surface area contributed by atoms with Gasteiger partial charge in [0.1, 0.15) is 6.17 Å². The van der Waals surface area contributed by atoms with Crippen molar-refractivity contribution in [2.75, 3.05) is 32.9 Å². The normalized spacial score (nSPS) is 13.2. The van der Waals surface area contributed by atoms with Crippen LogP contribution in [0.2, 0.25) is 0 Å². The van der Waals surface area contributed by atoms with Gasteiger partial charge >= 0.3 is 0 Å². The highest BCUT2D eigenvalue weighted by Gasteiger charge is 2.30. The Morgan fingerprint density at radius 3 is 2.55 bits per heavy atom. The Labute approximate surface area is 121 Å². The molecule has 6 heteroatoms. The second-order valence-electron chi connectivity index (χ2n) is 5.19. The highest BCUT2D eigenvalue weighted by Crippen LogP contribution is 2.18. The fourth-order valence-corrected chi connectivity index (χ4v) is 1.45. The predicted octanol–water partition coefficient (Wildman–Crippen LogP) is 1.40. The Morgan fingerprint density at radius 2 is 1.95 bits per heavy atom. The number of ether oxygens (including phenoxy) is 2. The summed E-state index contributed by atoms with van der Waals surface area (Å²) in [6.45, 7) is 7.36. The topological polar surface area (TPSA) is 73.6 Å².